The van der Waals surface area contributed by atoms with Crippen LogP contribution >= 0.6 is 0 Å². The molecule has 1 amide bonds. The van der Waals surface area contributed by atoms with Gasteiger partial charge in [0.05, 0.1) is 12.5 Å². The standard InChI is InChI=1S/C13H17N3O/c1-10(8-9-14)16(2)13(17)12(15)11-6-4-3-5-7-11/h3-7,10,12H,8,15H2,1-2H3. The largest absolute Gasteiger partial charge is 0.340 e. The molecular weight excluding hydrogens is 214 g/mol. The van der Waals surface area contributed by atoms with Gasteiger partial charge in [0.15, 0.2) is 0 Å². The van der Waals surface area contributed by atoms with E-state index < -0.39 is 6.04 Å². The van der Waals surface area contributed by atoms with E-state index in [2.05, 4.69) is 0 Å². The van der Waals surface area contributed by atoms with E-state index in [0.29, 0.717) is 6.42 Å². The van der Waals surface area contributed by atoms with Gasteiger partial charge in [-0.1, -0.05) is 30.3 Å². The number of benzene rings is 1. The first-order valence-corrected chi connectivity index (χ1v) is 5.52. The summed E-state index contributed by atoms with van der Waals surface area (Å²) in [6.45, 7) is 1.83. The molecule has 17 heavy (non-hydrogen) atoms. The van der Waals surface area contributed by atoms with Gasteiger partial charge in [0.1, 0.15) is 6.04 Å². The van der Waals surface area contributed by atoms with Gasteiger partial charge in [0.2, 0.25) is 5.91 Å². The average molecular weight is 231 g/mol. The summed E-state index contributed by atoms with van der Waals surface area (Å²) >= 11 is 0. The fourth-order valence-electron chi connectivity index (χ4n) is 1.51. The minimum atomic E-state index is -0.664. The lowest BCUT2D eigenvalue weighted by molar-refractivity contribution is -0.133. The topological polar surface area (TPSA) is 70.1 Å². The fourth-order valence-corrected chi connectivity index (χ4v) is 1.51. The molecule has 0 bridgehead atoms. The first kappa shape index (κ1) is 13.2. The third kappa shape index (κ3) is 3.30. The number of hydrogen-bond donors (Lipinski definition) is 1. The van der Waals surface area contributed by atoms with Gasteiger partial charge in [-0.15, -0.1) is 0 Å². The highest BCUT2D eigenvalue weighted by molar-refractivity contribution is 5.83. The molecule has 2 atom stereocenters. The summed E-state index contributed by atoms with van der Waals surface area (Å²) in [6, 6.07) is 10.5. The molecule has 0 heterocycles. The Balaban J connectivity index is 2.74. The maximum absolute atomic E-state index is 12.1. The number of nitrogens with two attached hydrogens (primary N) is 1. The van der Waals surface area contributed by atoms with Gasteiger partial charge < -0.3 is 10.6 Å². The van der Waals surface area contributed by atoms with E-state index in [9.17, 15) is 4.79 Å². The van der Waals surface area contributed by atoms with Crippen molar-refractivity contribution in [2.24, 2.45) is 5.73 Å². The van der Waals surface area contributed by atoms with Crippen LogP contribution in [0.1, 0.15) is 24.9 Å². The quantitative estimate of drug-likeness (QED) is 0.852. The van der Waals surface area contributed by atoms with Gasteiger partial charge in [-0.3, -0.25) is 4.79 Å². The average Bonchev–Trinajstić information content (AvgIpc) is 2.37. The maximum atomic E-state index is 12.1. The third-order valence-electron chi connectivity index (χ3n) is 2.82. The maximum Gasteiger partial charge on any atom is 0.244 e. The normalized spacial score (nSPS) is 13.5. The van der Waals surface area contributed by atoms with E-state index >= 15 is 0 Å². The number of carbonyl (C=O) groups is 1. The molecule has 0 aromatic heterocycles. The van der Waals surface area contributed by atoms with Gasteiger partial charge in [0, 0.05) is 13.1 Å². The molecule has 0 spiro atoms. The minimum absolute atomic E-state index is 0.123. The van der Waals surface area contributed by atoms with Crippen molar-refractivity contribution in [1.29, 1.82) is 5.26 Å². The molecule has 0 radical (unpaired) electrons. The zero-order valence-electron chi connectivity index (χ0n) is 10.1. The number of amides is 1. The minimum Gasteiger partial charge on any atom is -0.340 e. The first-order chi connectivity index (χ1) is 8.07. The van der Waals surface area contributed by atoms with Crippen molar-refractivity contribution in [3.63, 3.8) is 0 Å². The Morgan fingerprint density at radius 1 is 1.47 bits per heavy atom. The molecule has 0 fully saturated rings. The molecule has 1 aromatic carbocycles. The highest BCUT2D eigenvalue weighted by Gasteiger charge is 2.22. The number of rotatable bonds is 4. The van der Waals surface area contributed by atoms with Crippen LogP contribution in [0, 0.1) is 11.3 Å². The van der Waals surface area contributed by atoms with E-state index in [1.807, 2.05) is 43.3 Å². The molecule has 1 aromatic rings. The molecule has 0 saturated carbocycles. The molecule has 90 valence electrons. The first-order valence-electron chi connectivity index (χ1n) is 5.52. The van der Waals surface area contributed by atoms with Crippen molar-refractivity contribution >= 4 is 5.91 Å². The summed E-state index contributed by atoms with van der Waals surface area (Å²) in [5.74, 6) is -0.168. The molecule has 2 N–H and O–H groups in total. The smallest absolute Gasteiger partial charge is 0.244 e. The van der Waals surface area contributed by atoms with Gasteiger partial charge in [-0.2, -0.15) is 5.26 Å². The number of hydrogen-bond acceptors (Lipinski definition) is 3. The Kier molecular flexibility index (Phi) is 4.68. The number of likely N-dealkylation sites (N-methyl/N-ethyl adjacent to an activating group) is 1. The van der Waals surface area contributed by atoms with Crippen molar-refractivity contribution in [2.45, 2.75) is 25.4 Å². The SMILES string of the molecule is CC(CC#N)N(C)C(=O)C(N)c1ccccc1. The van der Waals surface area contributed by atoms with Crippen molar-refractivity contribution in [1.82, 2.24) is 4.90 Å². The van der Waals surface area contributed by atoms with Crippen LogP contribution in [0.25, 0.3) is 0 Å². The zero-order chi connectivity index (χ0) is 12.8. The van der Waals surface area contributed by atoms with Crippen LogP contribution in [0.4, 0.5) is 0 Å². The van der Waals surface area contributed by atoms with Crippen LogP contribution in [0.2, 0.25) is 0 Å². The highest BCUT2D eigenvalue weighted by Crippen LogP contribution is 2.14. The Bertz CT molecular complexity index is 410. The van der Waals surface area contributed by atoms with E-state index in [4.69, 9.17) is 11.0 Å². The predicted molar refractivity (Wildman–Crippen MR) is 65.8 cm³/mol. The van der Waals surface area contributed by atoms with Crippen LogP contribution in [-0.2, 0) is 4.79 Å². The van der Waals surface area contributed by atoms with Crippen LogP contribution in [-0.4, -0.2) is 23.9 Å². The summed E-state index contributed by atoms with van der Waals surface area (Å²) in [4.78, 5) is 13.6. The predicted octanol–water partition coefficient (Wildman–Crippen LogP) is 1.45. The summed E-state index contributed by atoms with van der Waals surface area (Å²) in [7, 11) is 1.67. The number of nitrogens with zero attached hydrogens (tertiary/aromatic N) is 2. The summed E-state index contributed by atoms with van der Waals surface area (Å²) in [6.07, 6.45) is 0.309. The van der Waals surface area contributed by atoms with Crippen LogP contribution in [0.5, 0.6) is 0 Å². The van der Waals surface area contributed by atoms with Gasteiger partial charge in [-0.25, -0.2) is 0 Å². The Labute approximate surface area is 102 Å². The molecule has 0 aliphatic carbocycles. The van der Waals surface area contributed by atoms with Crippen molar-refractivity contribution < 1.29 is 4.79 Å². The van der Waals surface area contributed by atoms with Crippen molar-refractivity contribution in [3.05, 3.63) is 35.9 Å². The van der Waals surface area contributed by atoms with Crippen molar-refractivity contribution in [3.8, 4) is 6.07 Å². The Morgan fingerprint density at radius 2 is 2.06 bits per heavy atom. The lowest BCUT2D eigenvalue weighted by atomic mass is 10.1. The van der Waals surface area contributed by atoms with E-state index in [1.54, 1.807) is 7.05 Å². The molecule has 1 rings (SSSR count). The molecule has 0 saturated heterocycles. The zero-order valence-corrected chi connectivity index (χ0v) is 10.1. The summed E-state index contributed by atoms with van der Waals surface area (Å²) < 4.78 is 0. The van der Waals surface area contributed by atoms with Crippen LogP contribution < -0.4 is 5.73 Å². The summed E-state index contributed by atoms with van der Waals surface area (Å²) in [5, 5.41) is 8.60. The lowest BCUT2D eigenvalue weighted by Crippen LogP contribution is -2.40. The Hall–Kier alpha value is -1.86. The third-order valence-corrected chi connectivity index (χ3v) is 2.82. The highest BCUT2D eigenvalue weighted by atomic mass is 16.2. The Morgan fingerprint density at radius 3 is 2.59 bits per heavy atom. The van der Waals surface area contributed by atoms with E-state index in [-0.39, 0.29) is 11.9 Å². The second-order valence-corrected chi connectivity index (χ2v) is 4.05. The van der Waals surface area contributed by atoms with Crippen LogP contribution in [0.3, 0.4) is 0 Å². The van der Waals surface area contributed by atoms with Gasteiger partial charge >= 0.3 is 0 Å². The van der Waals surface area contributed by atoms with Crippen molar-refractivity contribution in [2.75, 3.05) is 7.05 Å². The molecule has 4 nitrogen and oxygen atoms in total. The fraction of sp³-hybridized carbons (Fsp3) is 0.385. The van der Waals surface area contributed by atoms with Gasteiger partial charge in [0.25, 0.3) is 0 Å². The number of carbonyl (C=O) groups excluding carboxylic acids is 1. The second-order valence-electron chi connectivity index (χ2n) is 4.05. The molecule has 0 aliphatic rings. The molecular formula is C13H17N3O. The second kappa shape index (κ2) is 6.02. The van der Waals surface area contributed by atoms with Crippen LogP contribution in [0.15, 0.2) is 30.3 Å². The lowest BCUT2D eigenvalue weighted by Gasteiger charge is -2.26. The molecule has 4 heteroatoms. The van der Waals surface area contributed by atoms with E-state index in [1.165, 1.54) is 4.90 Å². The molecule has 0 aliphatic heterocycles. The van der Waals surface area contributed by atoms with Gasteiger partial charge in [-0.05, 0) is 12.5 Å². The monoisotopic (exact) mass is 231 g/mol. The number of nitriles is 1. The molecule has 2 unspecified atom stereocenters. The summed E-state index contributed by atoms with van der Waals surface area (Å²) in [5.41, 5.74) is 6.68. The van der Waals surface area contributed by atoms with E-state index in [0.717, 1.165) is 5.56 Å².